The molecule has 8 heteroatoms. The van der Waals surface area contributed by atoms with Crippen LogP contribution in [0.15, 0.2) is 78.9 Å². The Morgan fingerprint density at radius 3 is 2.18 bits per heavy atom. The number of carbonyl (C=O) groups is 3. The number of rotatable bonds is 8. The summed E-state index contributed by atoms with van der Waals surface area (Å²) < 4.78 is 5.26. The minimum Gasteiger partial charge on any atom is -0.497 e. The number of amides is 3. The number of nitrogens with zero attached hydrogens (tertiary/aromatic N) is 2. The van der Waals surface area contributed by atoms with Crippen molar-refractivity contribution in [1.29, 1.82) is 0 Å². The molecule has 0 aromatic heterocycles. The molecule has 3 aromatic carbocycles. The summed E-state index contributed by atoms with van der Waals surface area (Å²) in [7, 11) is 1.56. The third-order valence-electron chi connectivity index (χ3n) is 7.14. The number of benzene rings is 3. The van der Waals surface area contributed by atoms with Crippen molar-refractivity contribution in [2.75, 3.05) is 20.2 Å². The van der Waals surface area contributed by atoms with Crippen molar-refractivity contribution in [1.82, 2.24) is 15.1 Å². The summed E-state index contributed by atoms with van der Waals surface area (Å²) in [6, 6.07) is 23.8. The van der Waals surface area contributed by atoms with Gasteiger partial charge in [-0.1, -0.05) is 60.1 Å². The van der Waals surface area contributed by atoms with Gasteiger partial charge >= 0.3 is 0 Å². The fourth-order valence-electron chi connectivity index (χ4n) is 4.86. The Morgan fingerprint density at radius 2 is 1.58 bits per heavy atom. The largest absolute Gasteiger partial charge is 0.497 e. The molecule has 38 heavy (non-hydrogen) atoms. The first-order valence-electron chi connectivity index (χ1n) is 12.6. The molecule has 3 amide bonds. The molecule has 7 nitrogen and oxygen atoms in total. The zero-order valence-electron chi connectivity index (χ0n) is 21.7. The number of hydrogen-bond donors (Lipinski definition) is 1. The molecule has 0 saturated carbocycles. The van der Waals surface area contributed by atoms with Crippen LogP contribution in [0.5, 0.6) is 5.75 Å². The van der Waals surface area contributed by atoms with E-state index in [0.29, 0.717) is 48.8 Å². The van der Waals surface area contributed by atoms with Crippen LogP contribution in [0, 0.1) is 0 Å². The van der Waals surface area contributed by atoms with Crippen molar-refractivity contribution in [3.63, 3.8) is 0 Å². The zero-order valence-corrected chi connectivity index (χ0v) is 22.4. The third kappa shape index (κ3) is 6.00. The van der Waals surface area contributed by atoms with Gasteiger partial charge in [0.25, 0.3) is 5.91 Å². The Kier molecular flexibility index (Phi) is 8.69. The topological polar surface area (TPSA) is 79.0 Å². The molecule has 4 rings (SSSR count). The predicted molar refractivity (Wildman–Crippen MR) is 147 cm³/mol. The first-order chi connectivity index (χ1) is 18.3. The summed E-state index contributed by atoms with van der Waals surface area (Å²) in [5.41, 5.74) is 0.940. The minimum absolute atomic E-state index is 0.0533. The van der Waals surface area contributed by atoms with Gasteiger partial charge < -0.3 is 19.9 Å². The highest BCUT2D eigenvalue weighted by molar-refractivity contribution is 6.31. The van der Waals surface area contributed by atoms with Gasteiger partial charge in [-0.15, -0.1) is 0 Å². The lowest BCUT2D eigenvalue weighted by atomic mass is 9.83. The van der Waals surface area contributed by atoms with E-state index in [9.17, 15) is 14.4 Å². The average molecular weight is 534 g/mol. The summed E-state index contributed by atoms with van der Waals surface area (Å²) in [5.74, 6) is 0.0314. The highest BCUT2D eigenvalue weighted by Gasteiger charge is 2.49. The van der Waals surface area contributed by atoms with E-state index >= 15 is 0 Å². The number of halogens is 1. The fraction of sp³-hybridized carbons (Fsp3) is 0.300. The molecule has 0 aliphatic carbocycles. The molecule has 0 radical (unpaired) electrons. The van der Waals surface area contributed by atoms with Crippen LogP contribution in [0.3, 0.4) is 0 Å². The molecule has 1 N–H and O–H groups in total. The van der Waals surface area contributed by atoms with Crippen LogP contribution in [0.25, 0.3) is 0 Å². The van der Waals surface area contributed by atoms with Gasteiger partial charge in [-0.25, -0.2) is 0 Å². The molecule has 0 unspecified atom stereocenters. The second-order valence-electron chi connectivity index (χ2n) is 9.42. The van der Waals surface area contributed by atoms with Crippen molar-refractivity contribution < 1.29 is 19.1 Å². The molecule has 3 aromatic rings. The summed E-state index contributed by atoms with van der Waals surface area (Å²) in [4.78, 5) is 43.7. The lowest BCUT2D eigenvalue weighted by Crippen LogP contribution is -2.64. The van der Waals surface area contributed by atoms with E-state index in [1.165, 1.54) is 6.92 Å². The molecule has 0 bridgehead atoms. The van der Waals surface area contributed by atoms with E-state index in [0.717, 1.165) is 11.1 Å². The molecule has 1 saturated heterocycles. The zero-order chi connectivity index (χ0) is 27.1. The van der Waals surface area contributed by atoms with E-state index in [1.807, 2.05) is 48.5 Å². The Hall–Kier alpha value is -3.84. The second kappa shape index (κ2) is 12.1. The molecule has 1 fully saturated rings. The van der Waals surface area contributed by atoms with E-state index in [4.69, 9.17) is 16.3 Å². The molecular weight excluding hydrogens is 502 g/mol. The van der Waals surface area contributed by atoms with Crippen molar-refractivity contribution >= 4 is 29.3 Å². The Labute approximate surface area is 228 Å². The number of piperidine rings is 1. The van der Waals surface area contributed by atoms with Crippen LogP contribution in [0.4, 0.5) is 0 Å². The van der Waals surface area contributed by atoms with Gasteiger partial charge in [0, 0.05) is 43.7 Å². The molecule has 1 heterocycles. The van der Waals surface area contributed by atoms with Crippen molar-refractivity contribution in [3.05, 3.63) is 101 Å². The van der Waals surface area contributed by atoms with Crippen molar-refractivity contribution in [3.8, 4) is 5.75 Å². The van der Waals surface area contributed by atoms with E-state index in [-0.39, 0.29) is 24.3 Å². The predicted octanol–water partition coefficient (Wildman–Crippen LogP) is 4.69. The van der Waals surface area contributed by atoms with Crippen LogP contribution in [-0.4, -0.2) is 53.3 Å². The monoisotopic (exact) mass is 533 g/mol. The fourth-order valence-corrected chi connectivity index (χ4v) is 5.05. The van der Waals surface area contributed by atoms with E-state index < -0.39 is 5.54 Å². The highest BCUT2D eigenvalue weighted by Crippen LogP contribution is 2.34. The number of likely N-dealkylation sites (tertiary alicyclic amines) is 1. The number of nitrogens with one attached hydrogen (secondary N) is 1. The van der Waals surface area contributed by atoms with Gasteiger partial charge in [-0.3, -0.25) is 14.4 Å². The summed E-state index contributed by atoms with van der Waals surface area (Å²) >= 11 is 6.52. The Balaban J connectivity index is 1.74. The normalized spacial score (nSPS) is 14.4. The minimum atomic E-state index is -1.18. The number of hydrogen-bond acceptors (Lipinski definition) is 4. The Morgan fingerprint density at radius 1 is 0.947 bits per heavy atom. The molecule has 0 spiro atoms. The SMILES string of the molecule is COc1ccc(C(=O)N(Cc2ccccc2Cl)C2(C(=O)NCc3ccccc3)CCN(C(C)=O)CC2)cc1. The van der Waals surface area contributed by atoms with E-state index in [1.54, 1.807) is 47.2 Å². The van der Waals surface area contributed by atoms with Gasteiger partial charge in [0.15, 0.2) is 0 Å². The summed E-state index contributed by atoms with van der Waals surface area (Å²) in [6.45, 7) is 2.72. The van der Waals surface area contributed by atoms with Gasteiger partial charge in [-0.05, 0) is 54.3 Å². The lowest BCUT2D eigenvalue weighted by molar-refractivity contribution is -0.141. The van der Waals surface area contributed by atoms with E-state index in [2.05, 4.69) is 5.32 Å². The van der Waals surface area contributed by atoms with Gasteiger partial charge in [0.05, 0.1) is 7.11 Å². The van der Waals surface area contributed by atoms with Gasteiger partial charge in [-0.2, -0.15) is 0 Å². The lowest BCUT2D eigenvalue weighted by Gasteiger charge is -2.47. The summed E-state index contributed by atoms with van der Waals surface area (Å²) in [5, 5.41) is 3.58. The molecule has 0 atom stereocenters. The average Bonchev–Trinajstić information content (AvgIpc) is 2.95. The maximum absolute atomic E-state index is 14.1. The number of carbonyl (C=O) groups excluding carboxylic acids is 3. The van der Waals surface area contributed by atoms with Gasteiger partial charge in [0.2, 0.25) is 11.8 Å². The Bertz CT molecular complexity index is 1270. The standard InChI is InChI=1S/C30H32ClN3O4/c1-22(35)33-18-16-30(17-19-33,29(37)32-20-23-8-4-3-5-9-23)34(21-25-10-6-7-11-27(25)31)28(36)24-12-14-26(38-2)15-13-24/h3-15H,16-21H2,1-2H3,(H,32,37). The summed E-state index contributed by atoms with van der Waals surface area (Å²) in [6.07, 6.45) is 0.610. The highest BCUT2D eigenvalue weighted by atomic mass is 35.5. The third-order valence-corrected chi connectivity index (χ3v) is 7.51. The molecular formula is C30H32ClN3O4. The first kappa shape index (κ1) is 27.2. The van der Waals surface area contributed by atoms with Crippen LogP contribution < -0.4 is 10.1 Å². The first-order valence-corrected chi connectivity index (χ1v) is 13.0. The van der Waals surface area contributed by atoms with Crippen LogP contribution in [-0.2, 0) is 22.7 Å². The molecule has 198 valence electrons. The van der Waals surface area contributed by atoms with Gasteiger partial charge in [0.1, 0.15) is 11.3 Å². The van der Waals surface area contributed by atoms with Crippen LogP contribution in [0.2, 0.25) is 5.02 Å². The maximum Gasteiger partial charge on any atom is 0.255 e. The second-order valence-corrected chi connectivity index (χ2v) is 9.82. The maximum atomic E-state index is 14.1. The molecule has 1 aliphatic rings. The number of ether oxygens (including phenoxy) is 1. The molecule has 1 aliphatic heterocycles. The number of methoxy groups -OCH3 is 1. The van der Waals surface area contributed by atoms with Crippen LogP contribution in [0.1, 0.15) is 41.3 Å². The van der Waals surface area contributed by atoms with Crippen molar-refractivity contribution in [2.24, 2.45) is 0 Å². The van der Waals surface area contributed by atoms with Crippen LogP contribution >= 0.6 is 11.6 Å². The quantitative estimate of drug-likeness (QED) is 0.455. The van der Waals surface area contributed by atoms with Crippen molar-refractivity contribution in [2.45, 2.75) is 38.4 Å². The smallest absolute Gasteiger partial charge is 0.255 e.